The van der Waals surface area contributed by atoms with Crippen molar-refractivity contribution < 1.29 is 0 Å². The van der Waals surface area contributed by atoms with Gasteiger partial charge in [0, 0.05) is 13.6 Å². The molecule has 0 radical (unpaired) electrons. The molecule has 0 bridgehead atoms. The first-order valence-electron chi connectivity index (χ1n) is 6.33. The second kappa shape index (κ2) is 5.66. The topological polar surface area (TPSA) is 78.5 Å². The van der Waals surface area contributed by atoms with Crippen LogP contribution in [-0.4, -0.2) is 33.5 Å². The largest absolute Gasteiger partial charge is 0.368 e. The van der Waals surface area contributed by atoms with Gasteiger partial charge >= 0.3 is 0 Å². The lowest BCUT2D eigenvalue weighted by molar-refractivity contribution is 0.567. The minimum Gasteiger partial charge on any atom is -0.368 e. The Balaban J connectivity index is 2.08. The average Bonchev–Trinajstić information content (AvgIpc) is 2.82. The van der Waals surface area contributed by atoms with Crippen molar-refractivity contribution in [2.24, 2.45) is 5.92 Å². The van der Waals surface area contributed by atoms with Crippen molar-refractivity contribution in [3.63, 3.8) is 0 Å². The fraction of sp³-hybridized carbons (Fsp3) is 0.583. The molecule has 2 heterocycles. The highest BCUT2D eigenvalue weighted by Gasteiger charge is 2.08. The number of nitrogens with one attached hydrogen (secondary N) is 3. The van der Waals surface area contributed by atoms with E-state index in [9.17, 15) is 0 Å². The summed E-state index contributed by atoms with van der Waals surface area (Å²) in [6.07, 6.45) is 3.98. The van der Waals surface area contributed by atoms with Crippen LogP contribution in [0.5, 0.6) is 0 Å². The van der Waals surface area contributed by atoms with Gasteiger partial charge in [0.15, 0.2) is 11.5 Å². The van der Waals surface area contributed by atoms with E-state index in [1.807, 2.05) is 0 Å². The summed E-state index contributed by atoms with van der Waals surface area (Å²) < 4.78 is 0. The number of fused-ring (bicyclic) bond motifs is 1. The van der Waals surface area contributed by atoms with Crippen molar-refractivity contribution in [1.29, 1.82) is 0 Å². The van der Waals surface area contributed by atoms with Gasteiger partial charge in [-0.1, -0.05) is 13.8 Å². The molecule has 98 valence electrons. The minimum atomic E-state index is 0.584. The van der Waals surface area contributed by atoms with Crippen LogP contribution in [0.4, 0.5) is 11.8 Å². The molecule has 3 N–H and O–H groups in total. The summed E-state index contributed by atoms with van der Waals surface area (Å²) in [7, 11) is 1.80. The summed E-state index contributed by atoms with van der Waals surface area (Å²) in [6, 6.07) is 0. The molecule has 0 atom stereocenters. The fourth-order valence-electron chi connectivity index (χ4n) is 1.79. The molecular formula is C12H20N6. The minimum absolute atomic E-state index is 0.584. The number of anilines is 2. The maximum absolute atomic E-state index is 4.40. The predicted molar refractivity (Wildman–Crippen MR) is 73.8 cm³/mol. The lowest BCUT2D eigenvalue weighted by atomic mass is 10.1. The number of hydrogen-bond acceptors (Lipinski definition) is 5. The fourth-order valence-corrected chi connectivity index (χ4v) is 1.79. The summed E-state index contributed by atoms with van der Waals surface area (Å²) in [5, 5.41) is 6.28. The molecule has 18 heavy (non-hydrogen) atoms. The number of rotatable bonds is 6. The Labute approximate surface area is 107 Å². The van der Waals surface area contributed by atoms with Gasteiger partial charge in [-0.3, -0.25) is 0 Å². The normalized spacial score (nSPS) is 11.1. The van der Waals surface area contributed by atoms with Crippen molar-refractivity contribution in [2.75, 3.05) is 24.2 Å². The number of hydrogen-bond donors (Lipinski definition) is 3. The van der Waals surface area contributed by atoms with E-state index in [-0.39, 0.29) is 0 Å². The summed E-state index contributed by atoms with van der Waals surface area (Å²) in [6.45, 7) is 5.38. The van der Waals surface area contributed by atoms with E-state index in [2.05, 4.69) is 44.4 Å². The molecule has 2 aromatic heterocycles. The van der Waals surface area contributed by atoms with Gasteiger partial charge in [-0.2, -0.15) is 9.97 Å². The van der Waals surface area contributed by atoms with Crippen LogP contribution in [0.3, 0.4) is 0 Å². The molecule has 2 aromatic rings. The first-order valence-corrected chi connectivity index (χ1v) is 6.33. The molecule has 0 aliphatic heterocycles. The maximum Gasteiger partial charge on any atom is 0.226 e. The molecule has 2 rings (SSSR count). The molecule has 0 saturated carbocycles. The van der Waals surface area contributed by atoms with Gasteiger partial charge < -0.3 is 15.6 Å². The highest BCUT2D eigenvalue weighted by atomic mass is 15.2. The van der Waals surface area contributed by atoms with Crippen molar-refractivity contribution in [2.45, 2.75) is 26.7 Å². The molecule has 6 heteroatoms. The van der Waals surface area contributed by atoms with Crippen LogP contribution in [-0.2, 0) is 0 Å². The number of aromatic amines is 1. The van der Waals surface area contributed by atoms with Crippen LogP contribution < -0.4 is 10.6 Å². The molecule has 0 fully saturated rings. The van der Waals surface area contributed by atoms with Crippen molar-refractivity contribution >= 4 is 22.9 Å². The van der Waals surface area contributed by atoms with E-state index in [4.69, 9.17) is 0 Å². The van der Waals surface area contributed by atoms with Gasteiger partial charge in [-0.15, -0.1) is 0 Å². The van der Waals surface area contributed by atoms with Crippen molar-refractivity contribution in [3.05, 3.63) is 6.33 Å². The third-order valence-corrected chi connectivity index (χ3v) is 2.76. The van der Waals surface area contributed by atoms with Crippen LogP contribution in [0.2, 0.25) is 0 Å². The Morgan fingerprint density at radius 2 is 2.17 bits per heavy atom. The molecule has 0 amide bonds. The van der Waals surface area contributed by atoms with Crippen molar-refractivity contribution in [1.82, 2.24) is 19.9 Å². The molecule has 0 unspecified atom stereocenters. The van der Waals surface area contributed by atoms with Gasteiger partial charge in [-0.25, -0.2) is 4.98 Å². The van der Waals surface area contributed by atoms with E-state index in [0.717, 1.165) is 30.2 Å². The van der Waals surface area contributed by atoms with E-state index < -0.39 is 0 Å². The van der Waals surface area contributed by atoms with Gasteiger partial charge in [-0.05, 0) is 18.8 Å². The Bertz CT molecular complexity index is 504. The van der Waals surface area contributed by atoms with E-state index in [1.54, 1.807) is 13.4 Å². The number of H-pyrrole nitrogens is 1. The smallest absolute Gasteiger partial charge is 0.226 e. The van der Waals surface area contributed by atoms with Gasteiger partial charge in [0.25, 0.3) is 0 Å². The van der Waals surface area contributed by atoms with Crippen LogP contribution >= 0.6 is 0 Å². The highest BCUT2D eigenvalue weighted by Crippen LogP contribution is 2.18. The zero-order valence-electron chi connectivity index (χ0n) is 11.1. The molecule has 0 aromatic carbocycles. The molecule has 0 spiro atoms. The summed E-state index contributed by atoms with van der Waals surface area (Å²) in [4.78, 5) is 15.9. The van der Waals surface area contributed by atoms with Crippen LogP contribution in [0.15, 0.2) is 6.33 Å². The van der Waals surface area contributed by atoms with Crippen LogP contribution in [0, 0.1) is 5.92 Å². The summed E-state index contributed by atoms with van der Waals surface area (Å²) in [5.41, 5.74) is 1.54. The SMILES string of the molecule is CNc1nc(NCCCC(C)C)c2[nH]cnc2n1. The zero-order chi connectivity index (χ0) is 13.0. The molecular weight excluding hydrogens is 228 g/mol. The van der Waals surface area contributed by atoms with Gasteiger partial charge in [0.05, 0.1) is 6.33 Å². The first-order chi connectivity index (χ1) is 8.70. The quantitative estimate of drug-likeness (QED) is 0.683. The van der Waals surface area contributed by atoms with Gasteiger partial charge in [0.1, 0.15) is 5.52 Å². The first kappa shape index (κ1) is 12.6. The predicted octanol–water partition coefficient (Wildman–Crippen LogP) is 2.24. The average molecular weight is 248 g/mol. The second-order valence-electron chi connectivity index (χ2n) is 4.71. The van der Waals surface area contributed by atoms with Gasteiger partial charge in [0.2, 0.25) is 5.95 Å². The zero-order valence-corrected chi connectivity index (χ0v) is 11.1. The van der Waals surface area contributed by atoms with E-state index in [0.29, 0.717) is 11.6 Å². The number of nitrogens with zero attached hydrogens (tertiary/aromatic N) is 3. The lowest BCUT2D eigenvalue weighted by Gasteiger charge is -2.09. The Hall–Kier alpha value is -1.85. The number of aromatic nitrogens is 4. The number of imidazole rings is 1. The van der Waals surface area contributed by atoms with E-state index >= 15 is 0 Å². The second-order valence-corrected chi connectivity index (χ2v) is 4.71. The standard InChI is InChI=1S/C12H20N6/c1-8(2)5-4-6-14-10-9-11(16-7-15-9)18-12(13-3)17-10/h7-8H,4-6H2,1-3H3,(H3,13,14,15,16,17,18). The Kier molecular flexibility index (Phi) is 3.96. The molecule has 0 aliphatic carbocycles. The Morgan fingerprint density at radius 3 is 2.89 bits per heavy atom. The molecule has 6 nitrogen and oxygen atoms in total. The third-order valence-electron chi connectivity index (χ3n) is 2.76. The lowest BCUT2D eigenvalue weighted by Crippen LogP contribution is -2.07. The Morgan fingerprint density at radius 1 is 1.33 bits per heavy atom. The molecule has 0 aliphatic rings. The summed E-state index contributed by atoms with van der Waals surface area (Å²) >= 11 is 0. The maximum atomic E-state index is 4.40. The highest BCUT2D eigenvalue weighted by molar-refractivity contribution is 5.83. The monoisotopic (exact) mass is 248 g/mol. The third kappa shape index (κ3) is 2.88. The molecule has 0 saturated heterocycles. The van der Waals surface area contributed by atoms with Crippen LogP contribution in [0.25, 0.3) is 11.2 Å². The van der Waals surface area contributed by atoms with Crippen molar-refractivity contribution in [3.8, 4) is 0 Å². The summed E-state index contributed by atoms with van der Waals surface area (Å²) in [5.74, 6) is 2.13. The van der Waals surface area contributed by atoms with E-state index in [1.165, 1.54) is 6.42 Å². The van der Waals surface area contributed by atoms with Crippen LogP contribution in [0.1, 0.15) is 26.7 Å².